The Morgan fingerprint density at radius 3 is 2.35 bits per heavy atom. The highest BCUT2D eigenvalue weighted by Crippen LogP contribution is 2.26. The zero-order valence-electron chi connectivity index (χ0n) is 12.4. The van der Waals surface area contributed by atoms with Crippen molar-refractivity contribution in [3.8, 4) is 0 Å². The first-order chi connectivity index (χ1) is 9.20. The highest BCUT2D eigenvalue weighted by atomic mass is 79.9. The molecular weight excluding hydrogens is 320 g/mol. The quantitative estimate of drug-likeness (QED) is 0.915. The van der Waals surface area contributed by atoms with Gasteiger partial charge < -0.3 is 10.2 Å². The van der Waals surface area contributed by atoms with Gasteiger partial charge in [0.05, 0.1) is 5.69 Å². The van der Waals surface area contributed by atoms with Gasteiger partial charge in [0.1, 0.15) is 0 Å². The largest absolute Gasteiger partial charge is 0.351 e. The second-order valence-corrected chi connectivity index (χ2v) is 6.52. The lowest BCUT2D eigenvalue weighted by Crippen LogP contribution is -2.42. The van der Waals surface area contributed by atoms with Crippen molar-refractivity contribution in [1.82, 2.24) is 5.32 Å². The van der Waals surface area contributed by atoms with Crippen LogP contribution in [-0.4, -0.2) is 23.9 Å². The molecule has 1 rings (SSSR count). The van der Waals surface area contributed by atoms with Crippen LogP contribution in [0.4, 0.5) is 5.69 Å². The number of rotatable bonds is 4. The molecule has 110 valence electrons. The van der Waals surface area contributed by atoms with E-state index >= 15 is 0 Å². The van der Waals surface area contributed by atoms with Gasteiger partial charge in [0, 0.05) is 29.9 Å². The molecule has 20 heavy (non-hydrogen) atoms. The molecule has 0 spiro atoms. The van der Waals surface area contributed by atoms with E-state index in [1.54, 1.807) is 4.90 Å². The molecule has 1 aromatic carbocycles. The van der Waals surface area contributed by atoms with Gasteiger partial charge in [-0.2, -0.15) is 0 Å². The highest BCUT2D eigenvalue weighted by Gasteiger charge is 2.18. The maximum absolute atomic E-state index is 11.8. The lowest BCUT2D eigenvalue weighted by molar-refractivity contribution is -0.122. The van der Waals surface area contributed by atoms with Gasteiger partial charge >= 0.3 is 0 Å². The predicted molar refractivity (Wildman–Crippen MR) is 84.7 cm³/mol. The first kappa shape index (κ1) is 16.7. The lowest BCUT2D eigenvalue weighted by Gasteiger charge is -2.24. The average molecular weight is 341 g/mol. The second kappa shape index (κ2) is 6.88. The van der Waals surface area contributed by atoms with E-state index in [1.807, 2.05) is 45.0 Å². The summed E-state index contributed by atoms with van der Waals surface area (Å²) in [5.41, 5.74) is 0.523. The zero-order chi connectivity index (χ0) is 15.3. The Kier molecular flexibility index (Phi) is 5.74. The summed E-state index contributed by atoms with van der Waals surface area (Å²) in [6, 6.07) is 7.48. The van der Waals surface area contributed by atoms with Gasteiger partial charge in [-0.05, 0) is 48.8 Å². The Hall–Kier alpha value is -1.36. The van der Waals surface area contributed by atoms with Crippen molar-refractivity contribution in [2.75, 3.05) is 11.4 Å². The summed E-state index contributed by atoms with van der Waals surface area (Å²) in [5, 5.41) is 2.89. The van der Waals surface area contributed by atoms with Gasteiger partial charge in [-0.1, -0.05) is 12.1 Å². The number of carbonyl (C=O) groups excluding carboxylic acids is 2. The summed E-state index contributed by atoms with van der Waals surface area (Å²) in [5.74, 6) is -0.142. The van der Waals surface area contributed by atoms with E-state index in [0.29, 0.717) is 6.54 Å². The van der Waals surface area contributed by atoms with E-state index in [2.05, 4.69) is 21.2 Å². The minimum Gasteiger partial charge on any atom is -0.351 e. The fraction of sp³-hybridized carbons (Fsp3) is 0.467. The molecule has 1 N–H and O–H groups in total. The van der Waals surface area contributed by atoms with E-state index in [-0.39, 0.29) is 23.8 Å². The number of anilines is 1. The molecule has 0 aromatic heterocycles. The van der Waals surface area contributed by atoms with Gasteiger partial charge in [-0.25, -0.2) is 0 Å². The van der Waals surface area contributed by atoms with E-state index in [9.17, 15) is 9.59 Å². The smallest absolute Gasteiger partial charge is 0.223 e. The number of carbonyl (C=O) groups is 2. The van der Waals surface area contributed by atoms with Crippen molar-refractivity contribution in [2.45, 2.75) is 39.7 Å². The number of benzene rings is 1. The monoisotopic (exact) mass is 340 g/mol. The molecular formula is C15H21BrN2O2. The van der Waals surface area contributed by atoms with Gasteiger partial charge in [-0.3, -0.25) is 9.59 Å². The fourth-order valence-electron chi connectivity index (χ4n) is 1.81. The van der Waals surface area contributed by atoms with Crippen LogP contribution < -0.4 is 10.2 Å². The number of nitrogens with one attached hydrogen (secondary N) is 1. The molecule has 2 amide bonds. The van der Waals surface area contributed by atoms with E-state index in [0.717, 1.165) is 10.2 Å². The van der Waals surface area contributed by atoms with Crippen LogP contribution >= 0.6 is 15.9 Å². The van der Waals surface area contributed by atoms with Crippen molar-refractivity contribution in [2.24, 2.45) is 0 Å². The molecule has 0 saturated carbocycles. The minimum atomic E-state index is -0.258. The summed E-state index contributed by atoms with van der Waals surface area (Å²) >= 11 is 3.43. The van der Waals surface area contributed by atoms with Gasteiger partial charge in [0.2, 0.25) is 11.8 Å². The van der Waals surface area contributed by atoms with Crippen molar-refractivity contribution >= 4 is 33.4 Å². The number of nitrogens with zero attached hydrogens (tertiary/aromatic N) is 1. The maximum atomic E-state index is 11.8. The number of hydrogen-bond acceptors (Lipinski definition) is 2. The summed E-state index contributed by atoms with van der Waals surface area (Å²) in [6.07, 6.45) is 0.276. The van der Waals surface area contributed by atoms with Crippen LogP contribution in [0.3, 0.4) is 0 Å². The van der Waals surface area contributed by atoms with Gasteiger partial charge in [0.25, 0.3) is 0 Å². The third-order valence-electron chi connectivity index (χ3n) is 2.60. The molecule has 0 atom stereocenters. The molecule has 0 unspecified atom stereocenters. The Bertz CT molecular complexity index is 495. The summed E-state index contributed by atoms with van der Waals surface area (Å²) in [7, 11) is 0. The van der Waals surface area contributed by atoms with Crippen LogP contribution in [0.25, 0.3) is 0 Å². The number of hydrogen-bond donors (Lipinski definition) is 1. The van der Waals surface area contributed by atoms with E-state index < -0.39 is 0 Å². The molecule has 0 fully saturated rings. The first-order valence-electron chi connectivity index (χ1n) is 6.54. The van der Waals surface area contributed by atoms with Crippen LogP contribution in [0.1, 0.15) is 34.1 Å². The molecule has 1 aromatic rings. The van der Waals surface area contributed by atoms with E-state index in [4.69, 9.17) is 0 Å². The van der Waals surface area contributed by atoms with Gasteiger partial charge in [0.15, 0.2) is 0 Å². The third kappa shape index (κ3) is 5.33. The fourth-order valence-corrected chi connectivity index (χ4v) is 2.31. The molecule has 0 radical (unpaired) electrons. The molecule has 4 nitrogen and oxygen atoms in total. The molecule has 0 saturated heterocycles. The van der Waals surface area contributed by atoms with E-state index in [1.165, 1.54) is 6.92 Å². The normalized spacial score (nSPS) is 11.1. The second-order valence-electron chi connectivity index (χ2n) is 5.67. The zero-order valence-corrected chi connectivity index (χ0v) is 14.0. The number of halogens is 1. The molecule has 0 aliphatic heterocycles. The van der Waals surface area contributed by atoms with Crippen LogP contribution in [0, 0.1) is 0 Å². The molecule has 0 bridgehead atoms. The Balaban J connectivity index is 2.73. The molecule has 0 heterocycles. The topological polar surface area (TPSA) is 49.4 Å². The van der Waals surface area contributed by atoms with Crippen molar-refractivity contribution in [3.63, 3.8) is 0 Å². The summed E-state index contributed by atoms with van der Waals surface area (Å²) < 4.78 is 0.839. The Morgan fingerprint density at radius 1 is 1.25 bits per heavy atom. The lowest BCUT2D eigenvalue weighted by atomic mass is 10.1. The molecule has 5 heteroatoms. The standard InChI is InChI=1S/C15H21BrN2O2/c1-11(19)18(13-8-6-5-7-12(13)16)10-9-14(20)17-15(2,3)4/h5-8H,9-10H2,1-4H3,(H,17,20). The Morgan fingerprint density at radius 2 is 1.85 bits per heavy atom. The average Bonchev–Trinajstić information content (AvgIpc) is 2.28. The van der Waals surface area contributed by atoms with Crippen LogP contribution in [-0.2, 0) is 9.59 Å². The number of amides is 2. The van der Waals surface area contributed by atoms with Crippen molar-refractivity contribution in [3.05, 3.63) is 28.7 Å². The Labute approximate surface area is 128 Å². The number of para-hydroxylation sites is 1. The first-order valence-corrected chi connectivity index (χ1v) is 7.33. The van der Waals surface area contributed by atoms with Crippen LogP contribution in [0.5, 0.6) is 0 Å². The molecule has 0 aliphatic rings. The molecule has 0 aliphatic carbocycles. The van der Waals surface area contributed by atoms with Crippen molar-refractivity contribution < 1.29 is 9.59 Å². The SMILES string of the molecule is CC(=O)N(CCC(=O)NC(C)(C)C)c1ccccc1Br. The minimum absolute atomic E-state index is 0.0594. The van der Waals surface area contributed by atoms with Gasteiger partial charge in [-0.15, -0.1) is 0 Å². The maximum Gasteiger partial charge on any atom is 0.223 e. The third-order valence-corrected chi connectivity index (χ3v) is 3.27. The predicted octanol–water partition coefficient (Wildman–Crippen LogP) is 3.11. The van der Waals surface area contributed by atoms with Crippen LogP contribution in [0.15, 0.2) is 28.7 Å². The summed E-state index contributed by atoms with van der Waals surface area (Å²) in [6.45, 7) is 7.66. The highest BCUT2D eigenvalue weighted by molar-refractivity contribution is 9.10. The van der Waals surface area contributed by atoms with Crippen LogP contribution in [0.2, 0.25) is 0 Å². The van der Waals surface area contributed by atoms with Crippen molar-refractivity contribution in [1.29, 1.82) is 0 Å². The summed E-state index contributed by atoms with van der Waals surface area (Å²) in [4.78, 5) is 25.2.